The molecule has 0 aliphatic heterocycles. The van der Waals surface area contributed by atoms with Crippen LogP contribution in [0.5, 0.6) is 0 Å². The van der Waals surface area contributed by atoms with Gasteiger partial charge in [-0.05, 0) is 24.6 Å². The highest BCUT2D eigenvalue weighted by Crippen LogP contribution is 2.08. The van der Waals surface area contributed by atoms with Gasteiger partial charge in [-0.25, -0.2) is 0 Å². The summed E-state index contributed by atoms with van der Waals surface area (Å²) in [5.74, 6) is 2.45. The van der Waals surface area contributed by atoms with E-state index < -0.39 is 0 Å². The molecule has 0 fully saturated rings. The molecule has 3 heteroatoms. The van der Waals surface area contributed by atoms with E-state index in [9.17, 15) is 4.79 Å². The van der Waals surface area contributed by atoms with E-state index in [0.29, 0.717) is 18.5 Å². The summed E-state index contributed by atoms with van der Waals surface area (Å²) in [7, 11) is 0. The lowest BCUT2D eigenvalue weighted by Gasteiger charge is -2.04. The number of hydrogen-bond acceptors (Lipinski definition) is 2. The first kappa shape index (κ1) is 11.7. The topological polar surface area (TPSA) is 29.1 Å². The second-order valence-corrected chi connectivity index (χ2v) is 3.63. The van der Waals surface area contributed by atoms with Crippen molar-refractivity contribution in [3.05, 3.63) is 29.8 Å². The van der Waals surface area contributed by atoms with E-state index in [1.807, 2.05) is 6.07 Å². The number of hydrogen-bond donors (Lipinski definition) is 2. The highest BCUT2D eigenvalue weighted by Gasteiger charge is 2.03. The number of rotatable bonds is 4. The molecule has 0 aliphatic rings. The molecule has 1 aromatic carbocycles. The Balaban J connectivity index is 2.44. The van der Waals surface area contributed by atoms with Gasteiger partial charge in [0.25, 0.3) is 5.91 Å². The fraction of sp³-hybridized carbons (Fsp3) is 0.250. The quantitative estimate of drug-likeness (QED) is 0.453. The Labute approximate surface area is 95.5 Å². The summed E-state index contributed by atoms with van der Waals surface area (Å²) in [4.78, 5) is 12.3. The van der Waals surface area contributed by atoms with Crippen LogP contribution in [-0.4, -0.2) is 12.5 Å². The van der Waals surface area contributed by atoms with E-state index >= 15 is 0 Å². The summed E-state index contributed by atoms with van der Waals surface area (Å²) < 4.78 is 0. The summed E-state index contributed by atoms with van der Waals surface area (Å²) in [5.41, 5.74) is 0.628. The molecular formula is C12H13NOS. The zero-order chi connectivity index (χ0) is 11.1. The number of thiol groups is 1. The lowest BCUT2D eigenvalue weighted by molar-refractivity contribution is 0.0953. The van der Waals surface area contributed by atoms with Crippen LogP contribution in [0.1, 0.15) is 23.2 Å². The number of terminal acetylenes is 1. The first-order valence-corrected chi connectivity index (χ1v) is 5.19. The Bertz CT molecular complexity index is 381. The minimum Gasteiger partial charge on any atom is -0.352 e. The summed E-state index contributed by atoms with van der Waals surface area (Å²) >= 11 is 4.17. The third-order valence-electron chi connectivity index (χ3n) is 1.89. The number of benzene rings is 1. The number of carbonyl (C=O) groups is 1. The molecule has 0 aromatic heterocycles. The molecule has 0 bridgehead atoms. The first-order chi connectivity index (χ1) is 7.24. The molecule has 0 atom stereocenters. The smallest absolute Gasteiger partial charge is 0.251 e. The van der Waals surface area contributed by atoms with E-state index in [1.54, 1.807) is 18.2 Å². The number of unbranched alkanes of at least 4 members (excludes halogenated alkanes) is 1. The molecule has 2 nitrogen and oxygen atoms in total. The summed E-state index contributed by atoms with van der Waals surface area (Å²) in [6, 6.07) is 7.13. The maximum absolute atomic E-state index is 11.6. The van der Waals surface area contributed by atoms with Crippen molar-refractivity contribution in [1.29, 1.82) is 0 Å². The lowest BCUT2D eigenvalue weighted by Crippen LogP contribution is -2.24. The highest BCUT2D eigenvalue weighted by atomic mass is 32.1. The molecule has 78 valence electrons. The fourth-order valence-electron chi connectivity index (χ4n) is 1.14. The molecule has 0 unspecified atom stereocenters. The minimum atomic E-state index is -0.0806. The van der Waals surface area contributed by atoms with Crippen molar-refractivity contribution in [2.45, 2.75) is 17.7 Å². The van der Waals surface area contributed by atoms with Crippen molar-refractivity contribution in [3.8, 4) is 12.3 Å². The average molecular weight is 219 g/mol. The van der Waals surface area contributed by atoms with E-state index in [1.165, 1.54) is 0 Å². The fourth-order valence-corrected chi connectivity index (χ4v) is 1.37. The molecule has 1 rings (SSSR count). The Kier molecular flexibility index (Phi) is 4.79. The van der Waals surface area contributed by atoms with Gasteiger partial charge in [0.2, 0.25) is 0 Å². The van der Waals surface area contributed by atoms with Gasteiger partial charge in [-0.2, -0.15) is 0 Å². The normalized spacial score (nSPS) is 9.33. The van der Waals surface area contributed by atoms with Crippen LogP contribution in [0.15, 0.2) is 29.2 Å². The summed E-state index contributed by atoms with van der Waals surface area (Å²) in [6.07, 6.45) is 6.60. The molecule has 0 spiro atoms. The second-order valence-electron chi connectivity index (χ2n) is 3.11. The lowest BCUT2D eigenvalue weighted by atomic mass is 10.2. The Hall–Kier alpha value is -1.40. The van der Waals surface area contributed by atoms with Crippen molar-refractivity contribution < 1.29 is 4.79 Å². The Morgan fingerprint density at radius 2 is 2.33 bits per heavy atom. The third-order valence-corrected chi connectivity index (χ3v) is 2.17. The standard InChI is InChI=1S/C12H13NOS/c1-2-3-4-8-13-12(14)10-6-5-7-11(15)9-10/h1,5-7,9,15H,3-4,8H2,(H,13,14). The van der Waals surface area contributed by atoms with Gasteiger partial charge in [0.15, 0.2) is 0 Å². The average Bonchev–Trinajstić information content (AvgIpc) is 2.24. The largest absolute Gasteiger partial charge is 0.352 e. The van der Waals surface area contributed by atoms with Crippen molar-refractivity contribution >= 4 is 18.5 Å². The van der Waals surface area contributed by atoms with Crippen LogP contribution in [0.4, 0.5) is 0 Å². The Morgan fingerprint density at radius 1 is 1.53 bits per heavy atom. The van der Waals surface area contributed by atoms with Crippen LogP contribution in [0.2, 0.25) is 0 Å². The zero-order valence-corrected chi connectivity index (χ0v) is 9.26. The first-order valence-electron chi connectivity index (χ1n) is 4.74. The van der Waals surface area contributed by atoms with Gasteiger partial charge in [-0.15, -0.1) is 25.0 Å². The van der Waals surface area contributed by atoms with Crippen LogP contribution in [0.3, 0.4) is 0 Å². The van der Waals surface area contributed by atoms with E-state index in [-0.39, 0.29) is 5.91 Å². The van der Waals surface area contributed by atoms with Gasteiger partial charge in [0, 0.05) is 23.4 Å². The number of amides is 1. The van der Waals surface area contributed by atoms with Crippen molar-refractivity contribution in [1.82, 2.24) is 5.32 Å². The highest BCUT2D eigenvalue weighted by molar-refractivity contribution is 7.80. The van der Waals surface area contributed by atoms with Crippen LogP contribution in [-0.2, 0) is 0 Å². The molecule has 1 N–H and O–H groups in total. The van der Waals surface area contributed by atoms with Gasteiger partial charge in [-0.1, -0.05) is 6.07 Å². The van der Waals surface area contributed by atoms with Crippen molar-refractivity contribution in [3.63, 3.8) is 0 Å². The molecule has 0 saturated carbocycles. The predicted octanol–water partition coefficient (Wildman–Crippen LogP) is 2.12. The van der Waals surface area contributed by atoms with Gasteiger partial charge in [0.1, 0.15) is 0 Å². The molecule has 0 radical (unpaired) electrons. The monoisotopic (exact) mass is 219 g/mol. The third kappa shape index (κ3) is 4.09. The van der Waals surface area contributed by atoms with Gasteiger partial charge < -0.3 is 5.32 Å². The molecule has 0 saturated heterocycles. The molecule has 0 heterocycles. The molecule has 1 amide bonds. The van der Waals surface area contributed by atoms with Crippen LogP contribution < -0.4 is 5.32 Å². The van der Waals surface area contributed by atoms with Gasteiger partial charge in [0.05, 0.1) is 0 Å². The maximum atomic E-state index is 11.6. The predicted molar refractivity (Wildman–Crippen MR) is 64.1 cm³/mol. The Morgan fingerprint density at radius 3 is 3.00 bits per heavy atom. The van der Waals surface area contributed by atoms with Crippen LogP contribution in [0.25, 0.3) is 0 Å². The van der Waals surface area contributed by atoms with Gasteiger partial charge >= 0.3 is 0 Å². The number of carbonyl (C=O) groups excluding carboxylic acids is 1. The molecule has 0 aliphatic carbocycles. The van der Waals surface area contributed by atoms with Crippen molar-refractivity contribution in [2.75, 3.05) is 6.54 Å². The minimum absolute atomic E-state index is 0.0806. The molecular weight excluding hydrogens is 206 g/mol. The van der Waals surface area contributed by atoms with E-state index in [4.69, 9.17) is 6.42 Å². The molecule has 1 aromatic rings. The second kappa shape index (κ2) is 6.15. The summed E-state index contributed by atoms with van der Waals surface area (Å²) in [6.45, 7) is 0.611. The molecule has 15 heavy (non-hydrogen) atoms. The summed E-state index contributed by atoms with van der Waals surface area (Å²) in [5, 5.41) is 2.79. The van der Waals surface area contributed by atoms with E-state index in [2.05, 4.69) is 23.9 Å². The van der Waals surface area contributed by atoms with Crippen LogP contribution >= 0.6 is 12.6 Å². The van der Waals surface area contributed by atoms with Crippen molar-refractivity contribution in [2.24, 2.45) is 0 Å². The zero-order valence-electron chi connectivity index (χ0n) is 8.36. The maximum Gasteiger partial charge on any atom is 0.251 e. The number of nitrogens with one attached hydrogen (secondary N) is 1. The van der Waals surface area contributed by atoms with Crippen LogP contribution in [0, 0.1) is 12.3 Å². The van der Waals surface area contributed by atoms with Gasteiger partial charge in [-0.3, -0.25) is 4.79 Å². The SMILES string of the molecule is C#CCCCNC(=O)c1cccc(S)c1. The van der Waals surface area contributed by atoms with E-state index in [0.717, 1.165) is 11.3 Å².